The van der Waals surface area contributed by atoms with Gasteiger partial charge in [0.1, 0.15) is 5.82 Å². The van der Waals surface area contributed by atoms with Gasteiger partial charge in [-0.2, -0.15) is 0 Å². The standard InChI is InChI=1S/C27H30N2/c1-19(2)24-17-23(21-11-7-5-8-12-21)18-25(20(3)4)26(24)29-16-15-28-27(29)22-13-9-6-10-14-22/h5-13,15-20,22H,14H2,1-4H3. The molecule has 0 radical (unpaired) electrons. The van der Waals surface area contributed by atoms with E-state index in [1.807, 2.05) is 6.20 Å². The molecule has 0 bridgehead atoms. The third-order valence-corrected chi connectivity index (χ3v) is 5.74. The Bertz CT molecular complexity index is 1010. The maximum atomic E-state index is 4.78. The fraction of sp³-hybridized carbons (Fsp3) is 0.296. The van der Waals surface area contributed by atoms with Gasteiger partial charge >= 0.3 is 0 Å². The molecule has 1 atom stereocenters. The first kappa shape index (κ1) is 19.4. The van der Waals surface area contributed by atoms with Crippen molar-refractivity contribution in [1.82, 2.24) is 9.55 Å². The predicted molar refractivity (Wildman–Crippen MR) is 123 cm³/mol. The maximum Gasteiger partial charge on any atom is 0.120 e. The molecule has 0 saturated carbocycles. The second kappa shape index (κ2) is 8.24. The minimum Gasteiger partial charge on any atom is -0.303 e. The molecule has 0 amide bonds. The largest absolute Gasteiger partial charge is 0.303 e. The fourth-order valence-corrected chi connectivity index (χ4v) is 4.19. The summed E-state index contributed by atoms with van der Waals surface area (Å²) in [4.78, 5) is 4.78. The molecule has 0 saturated heterocycles. The molecule has 1 aromatic heterocycles. The molecule has 29 heavy (non-hydrogen) atoms. The topological polar surface area (TPSA) is 17.8 Å². The van der Waals surface area contributed by atoms with Crippen LogP contribution in [0.15, 0.2) is 79.2 Å². The van der Waals surface area contributed by atoms with Crippen LogP contribution in [0.3, 0.4) is 0 Å². The molecule has 1 aliphatic carbocycles. The molecule has 1 aliphatic rings. The number of benzene rings is 2. The molecule has 2 heteroatoms. The zero-order valence-corrected chi connectivity index (χ0v) is 17.8. The number of imidazole rings is 1. The number of nitrogens with zero attached hydrogens (tertiary/aromatic N) is 2. The van der Waals surface area contributed by atoms with E-state index in [9.17, 15) is 0 Å². The Morgan fingerprint density at radius 1 is 0.897 bits per heavy atom. The van der Waals surface area contributed by atoms with E-state index in [0.29, 0.717) is 17.8 Å². The van der Waals surface area contributed by atoms with Crippen LogP contribution in [0.2, 0.25) is 0 Å². The van der Waals surface area contributed by atoms with Crippen molar-refractivity contribution < 1.29 is 0 Å². The molecule has 3 aromatic rings. The Balaban J connectivity index is 1.93. The third kappa shape index (κ3) is 3.85. The first-order valence-electron chi connectivity index (χ1n) is 10.7. The van der Waals surface area contributed by atoms with Crippen molar-refractivity contribution in [2.24, 2.45) is 0 Å². The van der Waals surface area contributed by atoms with E-state index in [4.69, 9.17) is 4.98 Å². The molecule has 0 aliphatic heterocycles. The summed E-state index contributed by atoms with van der Waals surface area (Å²) < 4.78 is 2.34. The summed E-state index contributed by atoms with van der Waals surface area (Å²) in [7, 11) is 0. The van der Waals surface area contributed by atoms with Gasteiger partial charge < -0.3 is 4.57 Å². The van der Waals surface area contributed by atoms with Crippen LogP contribution in [-0.4, -0.2) is 9.55 Å². The van der Waals surface area contributed by atoms with Crippen LogP contribution in [0.1, 0.15) is 68.8 Å². The maximum absolute atomic E-state index is 4.78. The molecule has 4 rings (SSSR count). The van der Waals surface area contributed by atoms with Crippen LogP contribution >= 0.6 is 0 Å². The van der Waals surface area contributed by atoms with Gasteiger partial charge in [-0.05, 0) is 52.6 Å². The second-order valence-electron chi connectivity index (χ2n) is 8.49. The van der Waals surface area contributed by atoms with E-state index in [0.717, 1.165) is 12.2 Å². The third-order valence-electron chi connectivity index (χ3n) is 5.74. The van der Waals surface area contributed by atoms with Gasteiger partial charge in [-0.1, -0.05) is 82.3 Å². The van der Waals surface area contributed by atoms with Gasteiger partial charge in [0.15, 0.2) is 0 Å². The lowest BCUT2D eigenvalue weighted by molar-refractivity contribution is 0.730. The summed E-state index contributed by atoms with van der Waals surface area (Å²) in [6.45, 7) is 9.16. The number of aromatic nitrogens is 2. The number of hydrogen-bond acceptors (Lipinski definition) is 1. The van der Waals surface area contributed by atoms with Crippen molar-refractivity contribution in [3.63, 3.8) is 0 Å². The summed E-state index contributed by atoms with van der Waals surface area (Å²) in [6.07, 6.45) is 13.8. The summed E-state index contributed by atoms with van der Waals surface area (Å²) in [5.41, 5.74) is 6.64. The summed E-state index contributed by atoms with van der Waals surface area (Å²) >= 11 is 0. The van der Waals surface area contributed by atoms with E-state index in [2.05, 4.69) is 105 Å². The van der Waals surface area contributed by atoms with Crippen LogP contribution < -0.4 is 0 Å². The Morgan fingerprint density at radius 2 is 1.59 bits per heavy atom. The zero-order valence-electron chi connectivity index (χ0n) is 17.8. The van der Waals surface area contributed by atoms with Gasteiger partial charge in [-0.25, -0.2) is 4.98 Å². The van der Waals surface area contributed by atoms with E-state index >= 15 is 0 Å². The second-order valence-corrected chi connectivity index (χ2v) is 8.49. The lowest BCUT2D eigenvalue weighted by Crippen LogP contribution is -2.12. The molecule has 1 unspecified atom stereocenters. The average molecular weight is 383 g/mol. The van der Waals surface area contributed by atoms with Crippen LogP contribution in [0.5, 0.6) is 0 Å². The Labute approximate surface area is 174 Å². The van der Waals surface area contributed by atoms with Gasteiger partial charge in [0.2, 0.25) is 0 Å². The van der Waals surface area contributed by atoms with Gasteiger partial charge in [-0.3, -0.25) is 0 Å². The highest BCUT2D eigenvalue weighted by molar-refractivity contribution is 5.70. The highest BCUT2D eigenvalue weighted by atomic mass is 15.1. The van der Waals surface area contributed by atoms with Gasteiger partial charge in [0.25, 0.3) is 0 Å². The van der Waals surface area contributed by atoms with Crippen molar-refractivity contribution in [2.45, 2.75) is 51.9 Å². The molecule has 148 valence electrons. The SMILES string of the molecule is CC(C)c1cc(-c2ccccc2)cc(C(C)C)c1-n1ccnc1C1C=CC=CC1. The Kier molecular flexibility index (Phi) is 5.53. The van der Waals surface area contributed by atoms with Crippen LogP contribution in [0.4, 0.5) is 0 Å². The molecule has 1 heterocycles. The quantitative estimate of drug-likeness (QED) is 0.450. The van der Waals surface area contributed by atoms with Crippen molar-refractivity contribution >= 4 is 0 Å². The summed E-state index contributed by atoms with van der Waals surface area (Å²) in [5.74, 6) is 2.29. The van der Waals surface area contributed by atoms with Gasteiger partial charge in [0, 0.05) is 18.3 Å². The molecule has 2 aromatic carbocycles. The van der Waals surface area contributed by atoms with Crippen molar-refractivity contribution in [1.29, 1.82) is 0 Å². The fourth-order valence-electron chi connectivity index (χ4n) is 4.19. The molecule has 2 nitrogen and oxygen atoms in total. The van der Waals surface area contributed by atoms with Crippen molar-refractivity contribution in [3.8, 4) is 16.8 Å². The lowest BCUT2D eigenvalue weighted by atomic mass is 9.88. The van der Waals surface area contributed by atoms with E-state index in [1.54, 1.807) is 0 Å². The average Bonchev–Trinajstić information content (AvgIpc) is 3.23. The number of rotatable bonds is 5. The monoisotopic (exact) mass is 382 g/mol. The first-order chi connectivity index (χ1) is 14.1. The minimum absolute atomic E-state index is 0.323. The van der Waals surface area contributed by atoms with Crippen LogP contribution in [0.25, 0.3) is 16.8 Å². The van der Waals surface area contributed by atoms with Crippen molar-refractivity contribution in [2.75, 3.05) is 0 Å². The number of hydrogen-bond donors (Lipinski definition) is 0. The van der Waals surface area contributed by atoms with E-state index in [-0.39, 0.29) is 0 Å². The normalized spacial score (nSPS) is 16.1. The summed E-state index contributed by atoms with van der Waals surface area (Å²) in [6, 6.07) is 15.5. The van der Waals surface area contributed by atoms with Crippen LogP contribution in [-0.2, 0) is 0 Å². The Hall–Kier alpha value is -2.87. The number of allylic oxidation sites excluding steroid dienone is 4. The molecular weight excluding hydrogens is 352 g/mol. The van der Waals surface area contributed by atoms with E-state index < -0.39 is 0 Å². The summed E-state index contributed by atoms with van der Waals surface area (Å²) in [5, 5.41) is 0. The molecule has 0 N–H and O–H groups in total. The first-order valence-corrected chi connectivity index (χ1v) is 10.7. The van der Waals surface area contributed by atoms with E-state index in [1.165, 1.54) is 27.9 Å². The molecule has 0 spiro atoms. The Morgan fingerprint density at radius 3 is 2.17 bits per heavy atom. The van der Waals surface area contributed by atoms with Crippen LogP contribution in [0, 0.1) is 0 Å². The zero-order chi connectivity index (χ0) is 20.4. The van der Waals surface area contributed by atoms with Gasteiger partial charge in [0.05, 0.1) is 5.69 Å². The predicted octanol–water partition coefficient (Wildman–Crippen LogP) is 7.39. The van der Waals surface area contributed by atoms with Gasteiger partial charge in [-0.15, -0.1) is 0 Å². The highest BCUT2D eigenvalue weighted by Crippen LogP contribution is 2.37. The lowest BCUT2D eigenvalue weighted by Gasteiger charge is -2.25. The highest BCUT2D eigenvalue weighted by Gasteiger charge is 2.22. The minimum atomic E-state index is 0.323. The molecular formula is C27H30N2. The van der Waals surface area contributed by atoms with Crippen molar-refractivity contribution in [3.05, 3.63) is 96.1 Å². The smallest absolute Gasteiger partial charge is 0.120 e. The molecule has 0 fully saturated rings.